The monoisotopic (exact) mass is 425 g/mol. The molecule has 2 heterocycles. The van der Waals surface area contributed by atoms with E-state index in [0.717, 1.165) is 17.5 Å². The van der Waals surface area contributed by atoms with Crippen molar-refractivity contribution in [3.8, 4) is 0 Å². The molecule has 6 nitrogen and oxygen atoms in total. The van der Waals surface area contributed by atoms with Gasteiger partial charge in [-0.15, -0.1) is 24.8 Å². The summed E-state index contributed by atoms with van der Waals surface area (Å²) in [6.45, 7) is 0.745. The summed E-state index contributed by atoms with van der Waals surface area (Å²) in [5.41, 5.74) is 7.96. The van der Waals surface area contributed by atoms with Gasteiger partial charge in [-0.2, -0.15) is 0 Å². The number of likely N-dealkylation sites (tertiary alicyclic amines) is 1. The first-order chi connectivity index (χ1) is 12.6. The maximum atomic E-state index is 12.7. The number of hydrogen-bond acceptors (Lipinski definition) is 5. The topological polar surface area (TPSA) is 85.5 Å². The number of carbonyl (C=O) groups excluding carboxylic acids is 2. The number of carbonyl (C=O) groups is 2. The van der Waals surface area contributed by atoms with E-state index in [1.54, 1.807) is 17.3 Å². The van der Waals surface area contributed by atoms with Gasteiger partial charge in [-0.25, -0.2) is 4.79 Å². The zero-order chi connectivity index (χ0) is 18.4. The van der Waals surface area contributed by atoms with E-state index in [0.29, 0.717) is 19.4 Å². The quantitative estimate of drug-likeness (QED) is 0.718. The minimum atomic E-state index is -0.681. The normalized spacial score (nSPS) is 16.5. The van der Waals surface area contributed by atoms with E-state index in [1.165, 1.54) is 0 Å². The van der Waals surface area contributed by atoms with Crippen LogP contribution in [0.3, 0.4) is 0 Å². The molecule has 2 atom stereocenters. The molecule has 1 amide bonds. The molecular weight excluding hydrogens is 401 g/mol. The van der Waals surface area contributed by atoms with Crippen LogP contribution >= 0.6 is 24.8 Å². The van der Waals surface area contributed by atoms with Crippen LogP contribution in [0.4, 0.5) is 0 Å². The van der Waals surface area contributed by atoms with Gasteiger partial charge in [-0.1, -0.05) is 30.3 Å². The molecule has 152 valence electrons. The van der Waals surface area contributed by atoms with Crippen molar-refractivity contribution < 1.29 is 14.3 Å². The van der Waals surface area contributed by atoms with Crippen LogP contribution in [0.2, 0.25) is 0 Å². The van der Waals surface area contributed by atoms with E-state index < -0.39 is 12.1 Å². The average Bonchev–Trinajstić information content (AvgIpc) is 3.17. The minimum Gasteiger partial charge on any atom is -0.459 e. The largest absolute Gasteiger partial charge is 0.459 e. The van der Waals surface area contributed by atoms with Gasteiger partial charge in [0.1, 0.15) is 12.6 Å². The number of halogens is 2. The molecule has 1 aromatic heterocycles. The van der Waals surface area contributed by atoms with Gasteiger partial charge in [0.05, 0.1) is 6.04 Å². The van der Waals surface area contributed by atoms with Crippen molar-refractivity contribution in [3.05, 3.63) is 66.0 Å². The zero-order valence-corrected chi connectivity index (χ0v) is 17.0. The standard InChI is InChI=1S/C20H23N3O3.2ClH/c21-17(13-15-8-10-22-11-9-15)19(24)23-12-4-7-18(23)20(25)26-14-16-5-2-1-3-6-16;;/h1-3,5-6,8-11,17-18H,4,7,12-14,21H2;2*1H/t17-,18+;;/m0../s1. The van der Waals surface area contributed by atoms with E-state index in [9.17, 15) is 9.59 Å². The highest BCUT2D eigenvalue weighted by atomic mass is 35.5. The van der Waals surface area contributed by atoms with E-state index >= 15 is 0 Å². The molecule has 1 aliphatic rings. The van der Waals surface area contributed by atoms with Crippen molar-refractivity contribution in [1.29, 1.82) is 0 Å². The minimum absolute atomic E-state index is 0. The van der Waals surface area contributed by atoms with Gasteiger partial charge in [-0.05, 0) is 42.5 Å². The summed E-state index contributed by atoms with van der Waals surface area (Å²) in [6.07, 6.45) is 5.15. The Morgan fingerprint density at radius 2 is 1.79 bits per heavy atom. The van der Waals surface area contributed by atoms with Crippen molar-refractivity contribution in [3.63, 3.8) is 0 Å². The average molecular weight is 426 g/mol. The lowest BCUT2D eigenvalue weighted by atomic mass is 10.1. The van der Waals surface area contributed by atoms with Gasteiger partial charge >= 0.3 is 5.97 Å². The number of benzene rings is 1. The summed E-state index contributed by atoms with van der Waals surface area (Å²) in [7, 11) is 0. The number of ether oxygens (including phenoxy) is 1. The van der Waals surface area contributed by atoms with E-state index in [2.05, 4.69) is 4.98 Å². The maximum Gasteiger partial charge on any atom is 0.329 e. The van der Waals surface area contributed by atoms with Gasteiger partial charge in [0.2, 0.25) is 5.91 Å². The van der Waals surface area contributed by atoms with E-state index in [4.69, 9.17) is 10.5 Å². The lowest BCUT2D eigenvalue weighted by molar-refractivity contribution is -0.154. The molecule has 1 aromatic carbocycles. The van der Waals surface area contributed by atoms with Crippen LogP contribution in [0.1, 0.15) is 24.0 Å². The number of amides is 1. The van der Waals surface area contributed by atoms with Crippen molar-refractivity contribution in [1.82, 2.24) is 9.88 Å². The van der Waals surface area contributed by atoms with E-state index in [1.807, 2.05) is 42.5 Å². The first-order valence-electron chi connectivity index (χ1n) is 8.80. The van der Waals surface area contributed by atoms with Crippen molar-refractivity contribution in [2.45, 2.75) is 38.0 Å². The van der Waals surface area contributed by atoms with Gasteiger partial charge in [0.25, 0.3) is 0 Å². The molecule has 2 aromatic rings. The van der Waals surface area contributed by atoms with Crippen LogP contribution in [0, 0.1) is 0 Å². The third kappa shape index (κ3) is 6.19. The molecule has 1 aliphatic heterocycles. The van der Waals surface area contributed by atoms with Crippen molar-refractivity contribution in [2.24, 2.45) is 5.73 Å². The lowest BCUT2D eigenvalue weighted by Gasteiger charge is -2.26. The summed E-state index contributed by atoms with van der Waals surface area (Å²) in [6, 6.07) is 11.9. The summed E-state index contributed by atoms with van der Waals surface area (Å²) in [4.78, 5) is 30.7. The van der Waals surface area contributed by atoms with Gasteiger partial charge in [0.15, 0.2) is 0 Å². The van der Waals surface area contributed by atoms with Crippen LogP contribution in [0.15, 0.2) is 54.9 Å². The molecule has 0 radical (unpaired) electrons. The third-order valence-electron chi connectivity index (χ3n) is 4.55. The Hall–Kier alpha value is -2.15. The summed E-state index contributed by atoms with van der Waals surface area (Å²) in [5, 5.41) is 0. The van der Waals surface area contributed by atoms with Crippen LogP contribution in [-0.4, -0.2) is 40.4 Å². The Bertz CT molecular complexity index is 747. The highest BCUT2D eigenvalue weighted by Gasteiger charge is 2.37. The molecule has 1 fully saturated rings. The second-order valence-corrected chi connectivity index (χ2v) is 6.45. The Morgan fingerprint density at radius 3 is 2.46 bits per heavy atom. The summed E-state index contributed by atoms with van der Waals surface area (Å²) in [5.74, 6) is -0.572. The fraction of sp³-hybridized carbons (Fsp3) is 0.350. The number of nitrogens with two attached hydrogens (primary N) is 1. The van der Waals surface area contributed by atoms with Gasteiger partial charge in [0, 0.05) is 18.9 Å². The number of aromatic nitrogens is 1. The molecule has 3 rings (SSSR count). The Kier molecular flexibility index (Phi) is 9.93. The van der Waals surface area contributed by atoms with E-state index in [-0.39, 0.29) is 43.3 Å². The molecule has 0 aliphatic carbocycles. The molecule has 1 saturated heterocycles. The Balaban J connectivity index is 0.00000196. The second-order valence-electron chi connectivity index (χ2n) is 6.45. The second kappa shape index (κ2) is 11.6. The number of pyridine rings is 1. The van der Waals surface area contributed by atoms with Crippen LogP contribution in [-0.2, 0) is 27.4 Å². The Labute approximate surface area is 177 Å². The highest BCUT2D eigenvalue weighted by molar-refractivity contribution is 5.88. The fourth-order valence-corrected chi connectivity index (χ4v) is 3.17. The maximum absolute atomic E-state index is 12.7. The summed E-state index contributed by atoms with van der Waals surface area (Å²) >= 11 is 0. The first kappa shape index (κ1) is 23.9. The Morgan fingerprint density at radius 1 is 1.11 bits per heavy atom. The molecule has 28 heavy (non-hydrogen) atoms. The van der Waals surface area contributed by atoms with Gasteiger partial charge in [-0.3, -0.25) is 9.78 Å². The molecular formula is C20H25Cl2N3O3. The number of hydrogen-bond donors (Lipinski definition) is 1. The lowest BCUT2D eigenvalue weighted by Crippen LogP contribution is -2.49. The molecule has 2 N–H and O–H groups in total. The van der Waals surface area contributed by atoms with Crippen molar-refractivity contribution in [2.75, 3.05) is 6.54 Å². The predicted octanol–water partition coefficient (Wildman–Crippen LogP) is 2.53. The van der Waals surface area contributed by atoms with Gasteiger partial charge < -0.3 is 15.4 Å². The molecule has 0 spiro atoms. The van der Waals surface area contributed by atoms with Crippen LogP contribution < -0.4 is 5.73 Å². The summed E-state index contributed by atoms with van der Waals surface area (Å²) < 4.78 is 5.41. The van der Waals surface area contributed by atoms with Crippen LogP contribution in [0.25, 0.3) is 0 Å². The first-order valence-corrected chi connectivity index (χ1v) is 8.80. The molecule has 0 saturated carbocycles. The van der Waals surface area contributed by atoms with Crippen LogP contribution in [0.5, 0.6) is 0 Å². The van der Waals surface area contributed by atoms with Crippen molar-refractivity contribution >= 4 is 36.7 Å². The SMILES string of the molecule is Cl.Cl.N[C@@H](Cc1ccncc1)C(=O)N1CCC[C@@H]1C(=O)OCc1ccccc1. The predicted molar refractivity (Wildman–Crippen MR) is 111 cm³/mol. The number of nitrogens with zero attached hydrogens (tertiary/aromatic N) is 2. The number of rotatable bonds is 6. The third-order valence-corrected chi connectivity index (χ3v) is 4.55. The fourth-order valence-electron chi connectivity index (χ4n) is 3.17. The molecule has 0 bridgehead atoms. The smallest absolute Gasteiger partial charge is 0.329 e. The molecule has 8 heteroatoms. The zero-order valence-electron chi connectivity index (χ0n) is 15.4. The number of esters is 1. The highest BCUT2D eigenvalue weighted by Crippen LogP contribution is 2.20. The molecule has 0 unspecified atom stereocenters.